The Labute approximate surface area is 129 Å². The Morgan fingerprint density at radius 1 is 1.19 bits per heavy atom. The predicted octanol–water partition coefficient (Wildman–Crippen LogP) is 0.130. The van der Waals surface area contributed by atoms with E-state index in [0.717, 1.165) is 0 Å². The van der Waals surface area contributed by atoms with Crippen LogP contribution in [0.2, 0.25) is 0 Å². The summed E-state index contributed by atoms with van der Waals surface area (Å²) in [5.41, 5.74) is 5.84. The first-order valence-corrected chi connectivity index (χ1v) is 10.0. The van der Waals surface area contributed by atoms with Gasteiger partial charge >= 0.3 is 0 Å². The van der Waals surface area contributed by atoms with Crippen LogP contribution < -0.4 is 5.73 Å². The zero-order chi connectivity index (χ0) is 15.7. The van der Waals surface area contributed by atoms with Crippen LogP contribution in [0.5, 0.6) is 0 Å². The molecular formula is C12H16N2O4S3. The summed E-state index contributed by atoms with van der Waals surface area (Å²) in [5.74, 6) is -0.155. The summed E-state index contributed by atoms with van der Waals surface area (Å²) < 4.78 is 49.8. The SMILES string of the molecule is NC(=S)c1ccccc1S(=O)(=O)N1CCCS(=O)(=O)CC1. The Morgan fingerprint density at radius 2 is 1.86 bits per heavy atom. The molecule has 0 aliphatic carbocycles. The number of hydrogen-bond donors (Lipinski definition) is 1. The molecule has 1 aliphatic heterocycles. The molecule has 0 amide bonds. The van der Waals surface area contributed by atoms with Gasteiger partial charge in [0.25, 0.3) is 0 Å². The van der Waals surface area contributed by atoms with E-state index in [9.17, 15) is 16.8 Å². The Bertz CT molecular complexity index is 756. The molecule has 0 unspecified atom stereocenters. The maximum Gasteiger partial charge on any atom is 0.243 e. The van der Waals surface area contributed by atoms with E-state index in [1.165, 1.54) is 10.4 Å². The molecule has 9 heteroatoms. The molecule has 0 aromatic heterocycles. The minimum Gasteiger partial charge on any atom is -0.389 e. The van der Waals surface area contributed by atoms with Crippen molar-refractivity contribution in [3.63, 3.8) is 0 Å². The fourth-order valence-corrected chi connectivity index (χ4v) is 5.51. The summed E-state index contributed by atoms with van der Waals surface area (Å²) in [7, 11) is -6.99. The fraction of sp³-hybridized carbons (Fsp3) is 0.417. The van der Waals surface area contributed by atoms with Crippen molar-refractivity contribution in [1.82, 2.24) is 4.31 Å². The van der Waals surface area contributed by atoms with Gasteiger partial charge in [-0.2, -0.15) is 4.31 Å². The summed E-state index contributed by atoms with van der Waals surface area (Å²) in [6, 6.07) is 6.22. The average molecular weight is 348 g/mol. The second kappa shape index (κ2) is 5.99. The van der Waals surface area contributed by atoms with E-state index in [4.69, 9.17) is 18.0 Å². The highest BCUT2D eigenvalue weighted by Crippen LogP contribution is 2.22. The van der Waals surface area contributed by atoms with E-state index < -0.39 is 19.9 Å². The van der Waals surface area contributed by atoms with E-state index in [1.54, 1.807) is 18.2 Å². The first kappa shape index (κ1) is 16.3. The third kappa shape index (κ3) is 3.60. The topological polar surface area (TPSA) is 97.5 Å². The molecule has 1 aromatic rings. The lowest BCUT2D eigenvalue weighted by atomic mass is 10.2. The molecule has 1 aliphatic rings. The molecule has 0 bridgehead atoms. The number of thiocarbonyl (C=S) groups is 1. The van der Waals surface area contributed by atoms with E-state index in [2.05, 4.69) is 0 Å². The number of sulfonamides is 1. The van der Waals surface area contributed by atoms with Crippen LogP contribution in [0.3, 0.4) is 0 Å². The van der Waals surface area contributed by atoms with E-state index in [1.807, 2.05) is 0 Å². The highest BCUT2D eigenvalue weighted by Gasteiger charge is 2.30. The number of hydrogen-bond acceptors (Lipinski definition) is 5. The molecule has 1 saturated heterocycles. The highest BCUT2D eigenvalue weighted by atomic mass is 32.2. The van der Waals surface area contributed by atoms with Crippen molar-refractivity contribution in [2.75, 3.05) is 24.6 Å². The van der Waals surface area contributed by atoms with Crippen LogP contribution in [0.25, 0.3) is 0 Å². The Morgan fingerprint density at radius 3 is 2.52 bits per heavy atom. The number of nitrogens with two attached hydrogens (primary N) is 1. The van der Waals surface area contributed by atoms with Gasteiger partial charge in [0.15, 0.2) is 9.84 Å². The fourth-order valence-electron chi connectivity index (χ4n) is 2.19. The number of benzene rings is 1. The molecule has 0 atom stereocenters. The van der Waals surface area contributed by atoms with Crippen molar-refractivity contribution in [2.24, 2.45) is 5.73 Å². The monoisotopic (exact) mass is 348 g/mol. The first-order valence-electron chi connectivity index (χ1n) is 6.33. The van der Waals surface area contributed by atoms with Crippen LogP contribution in [-0.2, 0) is 19.9 Å². The minimum absolute atomic E-state index is 0.00313. The molecule has 0 saturated carbocycles. The van der Waals surface area contributed by atoms with Gasteiger partial charge in [-0.1, -0.05) is 30.4 Å². The molecule has 6 nitrogen and oxygen atoms in total. The van der Waals surface area contributed by atoms with Gasteiger partial charge in [-0.05, 0) is 12.5 Å². The maximum atomic E-state index is 12.7. The zero-order valence-corrected chi connectivity index (χ0v) is 13.7. The lowest BCUT2D eigenvalue weighted by Gasteiger charge is -2.21. The second-order valence-corrected chi connectivity index (χ2v) is 9.42. The van der Waals surface area contributed by atoms with Gasteiger partial charge in [-0.25, -0.2) is 16.8 Å². The molecule has 0 radical (unpaired) electrons. The summed E-state index contributed by atoms with van der Waals surface area (Å²) >= 11 is 4.88. The van der Waals surface area contributed by atoms with E-state index in [0.29, 0.717) is 0 Å². The third-order valence-electron chi connectivity index (χ3n) is 3.28. The highest BCUT2D eigenvalue weighted by molar-refractivity contribution is 7.91. The van der Waals surface area contributed by atoms with E-state index >= 15 is 0 Å². The normalized spacial score (nSPS) is 19.8. The standard InChI is InChI=1S/C12H16N2O4S3/c13-12(19)10-4-1-2-5-11(10)21(17,18)14-6-3-8-20(15,16)9-7-14/h1-2,4-5H,3,6-9H2,(H2,13,19). The quantitative estimate of drug-likeness (QED) is 0.780. The first-order chi connectivity index (χ1) is 9.74. The number of sulfone groups is 1. The van der Waals surface area contributed by atoms with Gasteiger partial charge in [0.1, 0.15) is 4.99 Å². The average Bonchev–Trinajstić information content (AvgIpc) is 2.60. The van der Waals surface area contributed by atoms with Crippen LogP contribution in [0.15, 0.2) is 29.2 Å². The minimum atomic E-state index is -3.81. The Hall–Kier alpha value is -1.03. The lowest BCUT2D eigenvalue weighted by molar-refractivity contribution is 0.434. The molecule has 1 aromatic carbocycles. The largest absolute Gasteiger partial charge is 0.389 e. The smallest absolute Gasteiger partial charge is 0.243 e. The van der Waals surface area contributed by atoms with Crippen molar-refractivity contribution in [3.8, 4) is 0 Å². The van der Waals surface area contributed by atoms with Crippen LogP contribution >= 0.6 is 12.2 Å². The van der Waals surface area contributed by atoms with Gasteiger partial charge in [-0.3, -0.25) is 0 Å². The van der Waals surface area contributed by atoms with Gasteiger partial charge in [0, 0.05) is 18.7 Å². The number of nitrogens with zero attached hydrogens (tertiary/aromatic N) is 1. The second-order valence-electron chi connectivity index (χ2n) is 4.77. The van der Waals surface area contributed by atoms with Crippen molar-refractivity contribution in [1.29, 1.82) is 0 Å². The van der Waals surface area contributed by atoms with Crippen LogP contribution in [-0.4, -0.2) is 50.7 Å². The molecule has 2 rings (SSSR count). The van der Waals surface area contributed by atoms with Crippen molar-refractivity contribution < 1.29 is 16.8 Å². The molecule has 1 fully saturated rings. The van der Waals surface area contributed by atoms with Crippen LogP contribution in [0.4, 0.5) is 0 Å². The zero-order valence-electron chi connectivity index (χ0n) is 11.2. The van der Waals surface area contributed by atoms with Gasteiger partial charge in [0.2, 0.25) is 10.0 Å². The molecular weight excluding hydrogens is 332 g/mol. The summed E-state index contributed by atoms with van der Waals surface area (Å²) in [4.78, 5) is 0.0217. The number of rotatable bonds is 3. The Balaban J connectivity index is 2.41. The van der Waals surface area contributed by atoms with Gasteiger partial charge in [-0.15, -0.1) is 0 Å². The lowest BCUT2D eigenvalue weighted by Crippen LogP contribution is -2.34. The Kier molecular flexibility index (Phi) is 4.66. The van der Waals surface area contributed by atoms with Gasteiger partial charge < -0.3 is 5.73 Å². The summed E-state index contributed by atoms with van der Waals surface area (Å²) in [6.45, 7) is 0.129. The molecule has 2 N–H and O–H groups in total. The van der Waals surface area contributed by atoms with Crippen molar-refractivity contribution in [3.05, 3.63) is 29.8 Å². The molecule has 0 spiro atoms. The summed E-state index contributed by atoms with van der Waals surface area (Å²) in [5, 5.41) is 0. The third-order valence-corrected chi connectivity index (χ3v) is 7.18. The van der Waals surface area contributed by atoms with Gasteiger partial charge in [0.05, 0.1) is 16.4 Å². The van der Waals surface area contributed by atoms with Crippen molar-refractivity contribution in [2.45, 2.75) is 11.3 Å². The van der Waals surface area contributed by atoms with E-state index in [-0.39, 0.29) is 46.5 Å². The maximum absolute atomic E-state index is 12.7. The molecule has 116 valence electrons. The van der Waals surface area contributed by atoms with Crippen molar-refractivity contribution >= 4 is 37.1 Å². The summed E-state index contributed by atoms with van der Waals surface area (Å²) in [6.07, 6.45) is 0.288. The predicted molar refractivity (Wildman–Crippen MR) is 84.4 cm³/mol. The molecule has 21 heavy (non-hydrogen) atoms. The molecule has 1 heterocycles. The van der Waals surface area contributed by atoms with Crippen LogP contribution in [0, 0.1) is 0 Å². The van der Waals surface area contributed by atoms with Crippen LogP contribution in [0.1, 0.15) is 12.0 Å².